The molecule has 0 aliphatic rings. The quantitative estimate of drug-likeness (QED) is 0.584. The smallest absolute Gasteiger partial charge is 0.285 e. The molecule has 0 fully saturated rings. The van der Waals surface area contributed by atoms with Gasteiger partial charge in [-0.05, 0) is 51.8 Å². The molecule has 0 unspecified atom stereocenters. The van der Waals surface area contributed by atoms with Crippen molar-refractivity contribution in [2.45, 2.75) is 6.54 Å². The van der Waals surface area contributed by atoms with Crippen LogP contribution in [0, 0.1) is 10.1 Å². The van der Waals surface area contributed by atoms with E-state index < -0.39 is 4.92 Å². The molecule has 0 heterocycles. The molecule has 2 rings (SSSR count). The van der Waals surface area contributed by atoms with Crippen LogP contribution in [0.3, 0.4) is 0 Å². The zero-order valence-corrected chi connectivity index (χ0v) is 13.2. The first-order valence-corrected chi connectivity index (χ1v) is 7.14. The molecule has 20 heavy (non-hydrogen) atoms. The Morgan fingerprint density at radius 3 is 2.65 bits per heavy atom. The molecule has 1 N–H and O–H groups in total. The normalized spacial score (nSPS) is 10.3. The molecular formula is C13H9BrCl2N2O2. The van der Waals surface area contributed by atoms with Crippen LogP contribution in [0.2, 0.25) is 10.0 Å². The molecule has 2 aromatic rings. The first kappa shape index (κ1) is 15.1. The van der Waals surface area contributed by atoms with Crippen LogP contribution in [0.4, 0.5) is 11.4 Å². The third-order valence-corrected chi connectivity index (χ3v) is 3.91. The lowest BCUT2D eigenvalue weighted by atomic mass is 10.2. The van der Waals surface area contributed by atoms with Crippen LogP contribution in [-0.4, -0.2) is 4.92 Å². The Balaban J connectivity index is 2.17. The number of nitrogens with one attached hydrogen (secondary N) is 1. The number of nitrogens with zero attached hydrogens (tertiary/aromatic N) is 1. The predicted octanol–water partition coefficient (Wildman–Crippen LogP) is 5.28. The van der Waals surface area contributed by atoms with E-state index in [1.54, 1.807) is 30.3 Å². The van der Waals surface area contributed by atoms with Crippen LogP contribution in [0.15, 0.2) is 40.9 Å². The van der Waals surface area contributed by atoms with Gasteiger partial charge < -0.3 is 5.32 Å². The second-order valence-corrected chi connectivity index (χ2v) is 5.71. The molecule has 7 heteroatoms. The van der Waals surface area contributed by atoms with E-state index in [9.17, 15) is 10.1 Å². The monoisotopic (exact) mass is 374 g/mol. The van der Waals surface area contributed by atoms with Crippen LogP contribution < -0.4 is 5.32 Å². The Morgan fingerprint density at radius 1 is 1.20 bits per heavy atom. The van der Waals surface area contributed by atoms with Crippen molar-refractivity contribution in [1.29, 1.82) is 0 Å². The standard InChI is InChI=1S/C13H9BrCl2N2O2/c14-11-3-2-10(6-13(11)18(19)20)17-7-8-5-9(15)1-4-12(8)16/h1-6,17H,7H2. The molecule has 0 atom stereocenters. The van der Waals surface area contributed by atoms with Crippen molar-refractivity contribution in [3.63, 3.8) is 0 Å². The van der Waals surface area contributed by atoms with Gasteiger partial charge in [-0.15, -0.1) is 0 Å². The molecule has 4 nitrogen and oxygen atoms in total. The maximum Gasteiger partial charge on any atom is 0.285 e. The lowest BCUT2D eigenvalue weighted by molar-refractivity contribution is -0.385. The Hall–Kier alpha value is -1.30. The number of nitro benzene ring substituents is 1. The van der Waals surface area contributed by atoms with E-state index in [4.69, 9.17) is 23.2 Å². The fraction of sp³-hybridized carbons (Fsp3) is 0.0769. The summed E-state index contributed by atoms with van der Waals surface area (Å²) in [4.78, 5) is 10.4. The Morgan fingerprint density at radius 2 is 1.95 bits per heavy atom. The van der Waals surface area contributed by atoms with Gasteiger partial charge in [0.1, 0.15) is 0 Å². The Labute approximate surface area is 134 Å². The highest BCUT2D eigenvalue weighted by Gasteiger charge is 2.12. The van der Waals surface area contributed by atoms with Crippen LogP contribution in [0.1, 0.15) is 5.56 Å². The zero-order valence-electron chi connectivity index (χ0n) is 10.1. The van der Waals surface area contributed by atoms with Crippen molar-refractivity contribution in [1.82, 2.24) is 0 Å². The first-order valence-electron chi connectivity index (χ1n) is 5.59. The molecule has 104 valence electrons. The van der Waals surface area contributed by atoms with Crippen molar-refractivity contribution in [3.05, 3.63) is 66.6 Å². The van der Waals surface area contributed by atoms with E-state index in [-0.39, 0.29) is 5.69 Å². The maximum atomic E-state index is 10.9. The number of nitro groups is 1. The van der Waals surface area contributed by atoms with Crippen LogP contribution in [0.25, 0.3) is 0 Å². The van der Waals surface area contributed by atoms with Gasteiger partial charge in [0.2, 0.25) is 0 Å². The fourth-order valence-corrected chi connectivity index (χ4v) is 2.41. The number of anilines is 1. The molecule has 0 saturated heterocycles. The second-order valence-electron chi connectivity index (χ2n) is 4.01. The Kier molecular flexibility index (Phi) is 4.86. The van der Waals surface area contributed by atoms with E-state index in [1.807, 2.05) is 0 Å². The minimum absolute atomic E-state index is 0.00666. The van der Waals surface area contributed by atoms with Gasteiger partial charge in [0.15, 0.2) is 0 Å². The fourth-order valence-electron chi connectivity index (χ4n) is 1.64. The van der Waals surface area contributed by atoms with Gasteiger partial charge in [-0.25, -0.2) is 0 Å². The van der Waals surface area contributed by atoms with Crippen LogP contribution >= 0.6 is 39.1 Å². The number of halogens is 3. The average molecular weight is 376 g/mol. The van der Waals surface area contributed by atoms with Gasteiger partial charge in [0.05, 0.1) is 9.40 Å². The first-order chi connectivity index (χ1) is 9.47. The Bertz CT molecular complexity index is 665. The molecule has 0 radical (unpaired) electrons. The van der Waals surface area contributed by atoms with E-state index in [1.165, 1.54) is 6.07 Å². The summed E-state index contributed by atoms with van der Waals surface area (Å²) in [6, 6.07) is 10.0. The third kappa shape index (κ3) is 3.62. The molecule has 0 aliphatic heterocycles. The molecule has 2 aromatic carbocycles. The summed E-state index contributed by atoms with van der Waals surface area (Å²) in [5.74, 6) is 0. The lowest BCUT2D eigenvalue weighted by Crippen LogP contribution is -2.01. The topological polar surface area (TPSA) is 55.2 Å². The maximum absolute atomic E-state index is 10.9. The molecule has 0 aromatic heterocycles. The summed E-state index contributed by atoms with van der Waals surface area (Å²) in [6.45, 7) is 0.429. The molecule has 0 bridgehead atoms. The van der Waals surface area contributed by atoms with Crippen LogP contribution in [0.5, 0.6) is 0 Å². The average Bonchev–Trinajstić information content (AvgIpc) is 2.41. The molecule has 0 aliphatic carbocycles. The number of benzene rings is 2. The summed E-state index contributed by atoms with van der Waals surface area (Å²) in [5.41, 5.74) is 1.47. The van der Waals surface area contributed by atoms with Gasteiger partial charge >= 0.3 is 0 Å². The van der Waals surface area contributed by atoms with Crippen molar-refractivity contribution < 1.29 is 4.92 Å². The molecule has 0 amide bonds. The summed E-state index contributed by atoms with van der Waals surface area (Å²) >= 11 is 15.1. The summed E-state index contributed by atoms with van der Waals surface area (Å²) in [5, 5.41) is 15.1. The highest BCUT2D eigenvalue weighted by atomic mass is 79.9. The lowest BCUT2D eigenvalue weighted by Gasteiger charge is -2.09. The minimum atomic E-state index is -0.443. The number of hydrogen-bond donors (Lipinski definition) is 1. The van der Waals surface area contributed by atoms with E-state index in [0.29, 0.717) is 26.8 Å². The summed E-state index contributed by atoms with van der Waals surface area (Å²) in [6.07, 6.45) is 0. The SMILES string of the molecule is O=[N+]([O-])c1cc(NCc2cc(Cl)ccc2Cl)ccc1Br. The van der Waals surface area contributed by atoms with E-state index in [0.717, 1.165) is 5.56 Å². The van der Waals surface area contributed by atoms with Crippen molar-refractivity contribution in [3.8, 4) is 0 Å². The van der Waals surface area contributed by atoms with Crippen molar-refractivity contribution >= 4 is 50.5 Å². The van der Waals surface area contributed by atoms with Crippen molar-refractivity contribution in [2.24, 2.45) is 0 Å². The van der Waals surface area contributed by atoms with Gasteiger partial charge in [0.25, 0.3) is 5.69 Å². The van der Waals surface area contributed by atoms with Crippen LogP contribution in [-0.2, 0) is 6.54 Å². The second kappa shape index (κ2) is 6.43. The number of hydrogen-bond acceptors (Lipinski definition) is 3. The van der Waals surface area contributed by atoms with Gasteiger partial charge in [-0.3, -0.25) is 10.1 Å². The van der Waals surface area contributed by atoms with Gasteiger partial charge in [-0.1, -0.05) is 23.2 Å². The highest BCUT2D eigenvalue weighted by molar-refractivity contribution is 9.10. The van der Waals surface area contributed by atoms with Crippen molar-refractivity contribution in [2.75, 3.05) is 5.32 Å². The third-order valence-electron chi connectivity index (χ3n) is 2.63. The summed E-state index contributed by atoms with van der Waals surface area (Å²) in [7, 11) is 0. The number of rotatable bonds is 4. The van der Waals surface area contributed by atoms with Gasteiger partial charge in [0, 0.05) is 28.3 Å². The molecule has 0 saturated carbocycles. The van der Waals surface area contributed by atoms with E-state index >= 15 is 0 Å². The van der Waals surface area contributed by atoms with Gasteiger partial charge in [-0.2, -0.15) is 0 Å². The zero-order chi connectivity index (χ0) is 14.7. The largest absolute Gasteiger partial charge is 0.381 e. The highest BCUT2D eigenvalue weighted by Crippen LogP contribution is 2.28. The summed E-state index contributed by atoms with van der Waals surface area (Å²) < 4.78 is 0.439. The molecular weight excluding hydrogens is 367 g/mol. The van der Waals surface area contributed by atoms with E-state index in [2.05, 4.69) is 21.2 Å². The minimum Gasteiger partial charge on any atom is -0.381 e. The molecule has 0 spiro atoms. The predicted molar refractivity (Wildman–Crippen MR) is 84.6 cm³/mol.